The Labute approximate surface area is 149 Å². The zero-order valence-corrected chi connectivity index (χ0v) is 14.5. The number of aryl methyl sites for hydroxylation is 1. The van der Waals surface area contributed by atoms with Crippen LogP contribution >= 0.6 is 11.3 Å². The fraction of sp³-hybridized carbons (Fsp3) is 0.211. The van der Waals surface area contributed by atoms with E-state index in [0.717, 1.165) is 21.5 Å². The molecule has 1 saturated heterocycles. The molecule has 1 aromatic heterocycles. The van der Waals surface area contributed by atoms with Crippen molar-refractivity contribution in [3.63, 3.8) is 0 Å². The molecule has 6 heteroatoms. The Morgan fingerprint density at radius 2 is 1.96 bits per heavy atom. The van der Waals surface area contributed by atoms with Gasteiger partial charge < -0.3 is 10.2 Å². The van der Waals surface area contributed by atoms with Gasteiger partial charge in [-0.3, -0.25) is 9.59 Å². The molecule has 0 radical (unpaired) electrons. The van der Waals surface area contributed by atoms with Crippen LogP contribution in [0, 0.1) is 12.8 Å². The van der Waals surface area contributed by atoms with E-state index in [-0.39, 0.29) is 24.2 Å². The van der Waals surface area contributed by atoms with Gasteiger partial charge in [-0.2, -0.15) is 0 Å². The molecule has 1 aliphatic rings. The van der Waals surface area contributed by atoms with Gasteiger partial charge in [-0.15, -0.1) is 0 Å². The second kappa shape index (κ2) is 6.29. The minimum atomic E-state index is -0.362. The van der Waals surface area contributed by atoms with Crippen LogP contribution in [0.15, 0.2) is 48.5 Å². The van der Waals surface area contributed by atoms with Crippen molar-refractivity contribution in [3.8, 4) is 0 Å². The summed E-state index contributed by atoms with van der Waals surface area (Å²) >= 11 is 1.44. The Morgan fingerprint density at radius 1 is 1.20 bits per heavy atom. The number of carbonyl (C=O) groups is 2. The monoisotopic (exact) mass is 351 g/mol. The summed E-state index contributed by atoms with van der Waals surface area (Å²) in [6.45, 7) is 2.37. The lowest BCUT2D eigenvalue weighted by molar-refractivity contribution is -0.122. The summed E-state index contributed by atoms with van der Waals surface area (Å²) in [7, 11) is 0. The molecule has 25 heavy (non-hydrogen) atoms. The molecule has 0 unspecified atom stereocenters. The number of aromatic nitrogens is 1. The fourth-order valence-electron chi connectivity index (χ4n) is 3.12. The molecule has 126 valence electrons. The number of fused-ring (bicyclic) bond motifs is 1. The first-order valence-electron chi connectivity index (χ1n) is 8.14. The van der Waals surface area contributed by atoms with Crippen LogP contribution in [0.25, 0.3) is 10.2 Å². The molecular weight excluding hydrogens is 334 g/mol. The number of hydrogen-bond donors (Lipinski definition) is 1. The van der Waals surface area contributed by atoms with Gasteiger partial charge in [0.05, 0.1) is 16.1 Å². The maximum Gasteiger partial charge on any atom is 0.231 e. The summed E-state index contributed by atoms with van der Waals surface area (Å²) in [6, 6.07) is 15.5. The number of hydrogen-bond acceptors (Lipinski definition) is 4. The lowest BCUT2D eigenvalue weighted by atomic mass is 10.1. The van der Waals surface area contributed by atoms with Crippen molar-refractivity contribution in [2.24, 2.45) is 5.92 Å². The van der Waals surface area contributed by atoms with Gasteiger partial charge in [0.1, 0.15) is 0 Å². The average Bonchev–Trinajstić information content (AvgIpc) is 3.18. The third kappa shape index (κ3) is 3.00. The van der Waals surface area contributed by atoms with Crippen LogP contribution in [-0.4, -0.2) is 23.3 Å². The van der Waals surface area contributed by atoms with E-state index in [0.29, 0.717) is 11.7 Å². The second-order valence-electron chi connectivity index (χ2n) is 6.17. The molecule has 3 aromatic rings. The third-order valence-corrected chi connectivity index (χ3v) is 5.38. The van der Waals surface area contributed by atoms with Crippen LogP contribution in [0.4, 0.5) is 10.8 Å². The molecule has 2 aromatic carbocycles. The number of anilines is 2. The zero-order chi connectivity index (χ0) is 17.4. The highest BCUT2D eigenvalue weighted by Crippen LogP contribution is 2.30. The lowest BCUT2D eigenvalue weighted by Crippen LogP contribution is -2.28. The number of nitrogens with zero attached hydrogens (tertiary/aromatic N) is 2. The molecule has 1 fully saturated rings. The molecule has 0 saturated carbocycles. The van der Waals surface area contributed by atoms with Crippen LogP contribution in [0.1, 0.15) is 12.0 Å². The zero-order valence-electron chi connectivity index (χ0n) is 13.7. The summed E-state index contributed by atoms with van der Waals surface area (Å²) in [4.78, 5) is 31.1. The van der Waals surface area contributed by atoms with Gasteiger partial charge in [0.15, 0.2) is 5.13 Å². The Hall–Kier alpha value is -2.73. The second-order valence-corrected chi connectivity index (χ2v) is 7.20. The molecule has 2 amide bonds. The van der Waals surface area contributed by atoms with Crippen LogP contribution in [0.3, 0.4) is 0 Å². The molecule has 4 rings (SSSR count). The van der Waals surface area contributed by atoms with E-state index in [4.69, 9.17) is 0 Å². The van der Waals surface area contributed by atoms with E-state index in [9.17, 15) is 9.59 Å². The number of thiazole rings is 1. The highest BCUT2D eigenvalue weighted by molar-refractivity contribution is 7.22. The van der Waals surface area contributed by atoms with Crippen molar-refractivity contribution in [2.45, 2.75) is 13.3 Å². The van der Waals surface area contributed by atoms with Crippen LogP contribution in [0.2, 0.25) is 0 Å². The van der Waals surface area contributed by atoms with Gasteiger partial charge in [-0.05, 0) is 30.7 Å². The number of benzene rings is 2. The SMILES string of the molecule is Cc1ccccc1N1C[C@@H](C(=O)Nc2nc3ccccc3s2)CC1=O. The van der Waals surface area contributed by atoms with Crippen molar-refractivity contribution >= 4 is 44.2 Å². The van der Waals surface area contributed by atoms with Crippen molar-refractivity contribution in [1.29, 1.82) is 0 Å². The maximum atomic E-state index is 12.6. The van der Waals surface area contributed by atoms with Gasteiger partial charge in [0.2, 0.25) is 11.8 Å². The quantitative estimate of drug-likeness (QED) is 0.784. The Bertz CT molecular complexity index is 933. The van der Waals surface area contributed by atoms with Gasteiger partial charge >= 0.3 is 0 Å². The number of nitrogens with one attached hydrogen (secondary N) is 1. The van der Waals surface area contributed by atoms with E-state index in [2.05, 4.69) is 10.3 Å². The van der Waals surface area contributed by atoms with E-state index < -0.39 is 0 Å². The first-order chi connectivity index (χ1) is 12.1. The first kappa shape index (κ1) is 15.8. The highest BCUT2D eigenvalue weighted by atomic mass is 32.1. The topological polar surface area (TPSA) is 62.3 Å². The minimum absolute atomic E-state index is 0.0150. The smallest absolute Gasteiger partial charge is 0.231 e. The molecule has 0 spiro atoms. The normalized spacial score (nSPS) is 17.2. The number of amides is 2. The maximum absolute atomic E-state index is 12.6. The van der Waals surface area contributed by atoms with Crippen LogP contribution in [-0.2, 0) is 9.59 Å². The highest BCUT2D eigenvalue weighted by Gasteiger charge is 2.35. The van der Waals surface area contributed by atoms with Crippen molar-refractivity contribution in [2.75, 3.05) is 16.8 Å². The Kier molecular flexibility index (Phi) is 3.97. The summed E-state index contributed by atoms with van der Waals surface area (Å²) in [5.74, 6) is -0.527. The van der Waals surface area contributed by atoms with E-state index in [1.807, 2.05) is 55.5 Å². The van der Waals surface area contributed by atoms with E-state index in [1.165, 1.54) is 11.3 Å². The largest absolute Gasteiger partial charge is 0.311 e. The van der Waals surface area contributed by atoms with Gasteiger partial charge in [-0.1, -0.05) is 41.7 Å². The third-order valence-electron chi connectivity index (χ3n) is 4.43. The minimum Gasteiger partial charge on any atom is -0.311 e. The number of rotatable bonds is 3. The fourth-order valence-corrected chi connectivity index (χ4v) is 3.98. The summed E-state index contributed by atoms with van der Waals surface area (Å²) in [5.41, 5.74) is 2.78. The van der Waals surface area contributed by atoms with Gasteiger partial charge in [0.25, 0.3) is 0 Å². The van der Waals surface area contributed by atoms with Crippen molar-refractivity contribution < 1.29 is 9.59 Å². The van der Waals surface area contributed by atoms with Crippen LogP contribution < -0.4 is 10.2 Å². The average molecular weight is 351 g/mol. The number of carbonyl (C=O) groups excluding carboxylic acids is 2. The molecule has 0 aliphatic carbocycles. The van der Waals surface area contributed by atoms with Gasteiger partial charge in [-0.25, -0.2) is 4.98 Å². The van der Waals surface area contributed by atoms with Crippen LogP contribution in [0.5, 0.6) is 0 Å². The van der Waals surface area contributed by atoms with E-state index in [1.54, 1.807) is 4.90 Å². The predicted octanol–water partition coefficient (Wildman–Crippen LogP) is 3.60. The molecule has 5 nitrogen and oxygen atoms in total. The summed E-state index contributed by atoms with van der Waals surface area (Å²) < 4.78 is 1.03. The Balaban J connectivity index is 1.50. The summed E-state index contributed by atoms with van der Waals surface area (Å²) in [6.07, 6.45) is 0.227. The standard InChI is InChI=1S/C19H17N3O2S/c1-12-6-2-4-8-15(12)22-11-13(10-17(22)23)18(24)21-19-20-14-7-3-5-9-16(14)25-19/h2-9,13H,10-11H2,1H3,(H,20,21,24)/t13-/m0/s1. The Morgan fingerprint density at radius 3 is 2.76 bits per heavy atom. The number of para-hydroxylation sites is 2. The molecule has 2 heterocycles. The predicted molar refractivity (Wildman–Crippen MR) is 99.9 cm³/mol. The molecule has 1 aliphatic heterocycles. The first-order valence-corrected chi connectivity index (χ1v) is 8.96. The van der Waals surface area contributed by atoms with Crippen molar-refractivity contribution in [1.82, 2.24) is 4.98 Å². The van der Waals surface area contributed by atoms with Gasteiger partial charge in [0, 0.05) is 18.7 Å². The lowest BCUT2D eigenvalue weighted by Gasteiger charge is -2.18. The summed E-state index contributed by atoms with van der Waals surface area (Å²) in [5, 5.41) is 3.45. The van der Waals surface area contributed by atoms with Crippen molar-refractivity contribution in [3.05, 3.63) is 54.1 Å². The molecular formula is C19H17N3O2S. The molecule has 1 atom stereocenters. The molecule has 0 bridgehead atoms. The van der Waals surface area contributed by atoms with E-state index >= 15 is 0 Å². The molecule has 1 N–H and O–H groups in total.